The molecule has 1 heterocycles. The normalized spacial score (nSPS) is 10.2. The van der Waals surface area contributed by atoms with Gasteiger partial charge in [0, 0.05) is 45.3 Å². The molecule has 0 bridgehead atoms. The predicted octanol–water partition coefficient (Wildman–Crippen LogP) is -0.0920. The van der Waals surface area contributed by atoms with Gasteiger partial charge in [-0.3, -0.25) is 14.4 Å². The number of carbonyl (C=O) groups is 2. The molecule has 1 aromatic heterocycles. The van der Waals surface area contributed by atoms with Gasteiger partial charge in [-0.2, -0.15) is 0 Å². The molecule has 0 aliphatic rings. The first-order valence-electron chi connectivity index (χ1n) is 6.66. The zero-order valence-electron chi connectivity index (χ0n) is 12.6. The maximum Gasteiger partial charge on any atom is 0.259 e. The molecule has 0 saturated carbocycles. The number of amides is 2. The Kier molecular flexibility index (Phi) is 6.61. The second-order valence-electron chi connectivity index (χ2n) is 4.75. The number of H-pyrrole nitrogens is 1. The molecule has 0 aliphatic carbocycles. The number of likely N-dealkylation sites (N-methyl/N-ethyl adjacent to an activating group) is 1. The molecule has 0 saturated heterocycles. The van der Waals surface area contributed by atoms with Crippen molar-refractivity contribution in [3.8, 4) is 0 Å². The van der Waals surface area contributed by atoms with Crippen molar-refractivity contribution < 1.29 is 14.3 Å². The number of aromatic nitrogens is 1. The van der Waals surface area contributed by atoms with E-state index in [2.05, 4.69) is 10.3 Å². The van der Waals surface area contributed by atoms with Crippen LogP contribution in [0.1, 0.15) is 22.5 Å². The highest BCUT2D eigenvalue weighted by Gasteiger charge is 2.17. The summed E-state index contributed by atoms with van der Waals surface area (Å²) in [6.45, 7) is 2.68. The zero-order chi connectivity index (χ0) is 15.8. The molecule has 116 valence electrons. The summed E-state index contributed by atoms with van der Waals surface area (Å²) in [5.74, 6) is -0.756. The number of hydrogen-bond acceptors (Lipinski definition) is 4. The molecular weight excluding hydrogens is 274 g/mol. The Morgan fingerprint density at radius 2 is 2.14 bits per heavy atom. The van der Waals surface area contributed by atoms with Crippen molar-refractivity contribution in [3.63, 3.8) is 0 Å². The van der Waals surface area contributed by atoms with Gasteiger partial charge in [-0.15, -0.1) is 0 Å². The highest BCUT2D eigenvalue weighted by atomic mass is 16.5. The smallest absolute Gasteiger partial charge is 0.259 e. The van der Waals surface area contributed by atoms with Crippen LogP contribution in [0, 0.1) is 6.92 Å². The third-order valence-corrected chi connectivity index (χ3v) is 2.86. The Balaban J connectivity index is 2.54. The topological polar surface area (TPSA) is 91.5 Å². The lowest BCUT2D eigenvalue weighted by Gasteiger charge is -2.16. The molecule has 1 aromatic rings. The maximum absolute atomic E-state index is 12.1. The van der Waals surface area contributed by atoms with Crippen molar-refractivity contribution in [3.05, 3.63) is 33.7 Å². The van der Waals surface area contributed by atoms with Gasteiger partial charge in [0.25, 0.3) is 5.91 Å². The molecule has 0 spiro atoms. The molecule has 7 heteroatoms. The lowest BCUT2D eigenvalue weighted by molar-refractivity contribution is -0.121. The first kappa shape index (κ1) is 16.9. The van der Waals surface area contributed by atoms with E-state index in [-0.39, 0.29) is 23.4 Å². The monoisotopic (exact) mass is 295 g/mol. The largest absolute Gasteiger partial charge is 0.385 e. The van der Waals surface area contributed by atoms with Gasteiger partial charge in [-0.05, 0) is 13.3 Å². The van der Waals surface area contributed by atoms with Crippen LogP contribution in [0.5, 0.6) is 0 Å². The van der Waals surface area contributed by atoms with Gasteiger partial charge in [0.05, 0.1) is 6.54 Å². The van der Waals surface area contributed by atoms with E-state index in [0.717, 1.165) is 0 Å². The molecule has 0 atom stereocenters. The molecule has 7 nitrogen and oxygen atoms in total. The molecule has 0 fully saturated rings. The molecule has 21 heavy (non-hydrogen) atoms. The average molecular weight is 295 g/mol. The molecule has 2 N–H and O–H groups in total. The number of nitrogens with one attached hydrogen (secondary N) is 2. The third kappa shape index (κ3) is 5.39. The Bertz CT molecular complexity index is 553. The molecule has 0 aliphatic heterocycles. The van der Waals surface area contributed by atoms with Crippen molar-refractivity contribution in [1.82, 2.24) is 15.2 Å². The maximum atomic E-state index is 12.1. The number of carbonyl (C=O) groups excluding carboxylic acids is 2. The van der Waals surface area contributed by atoms with E-state index in [1.165, 1.54) is 24.2 Å². The van der Waals surface area contributed by atoms with E-state index in [1.54, 1.807) is 14.0 Å². The highest BCUT2D eigenvalue weighted by Crippen LogP contribution is 1.98. The fourth-order valence-electron chi connectivity index (χ4n) is 1.73. The van der Waals surface area contributed by atoms with E-state index < -0.39 is 5.91 Å². The Labute approximate surface area is 123 Å². The van der Waals surface area contributed by atoms with Crippen LogP contribution in [0.4, 0.5) is 0 Å². The number of nitrogens with zero attached hydrogens (tertiary/aromatic N) is 1. The second-order valence-corrected chi connectivity index (χ2v) is 4.75. The third-order valence-electron chi connectivity index (χ3n) is 2.86. The molecule has 1 rings (SSSR count). The average Bonchev–Trinajstić information content (AvgIpc) is 2.43. The van der Waals surface area contributed by atoms with Gasteiger partial charge in [0.15, 0.2) is 5.43 Å². The van der Waals surface area contributed by atoms with Crippen molar-refractivity contribution in [2.45, 2.75) is 13.3 Å². The fourth-order valence-corrected chi connectivity index (χ4v) is 1.73. The fraction of sp³-hybridized carbons (Fsp3) is 0.500. The first-order chi connectivity index (χ1) is 9.95. The van der Waals surface area contributed by atoms with E-state index in [4.69, 9.17) is 4.74 Å². The van der Waals surface area contributed by atoms with Crippen LogP contribution in [0.15, 0.2) is 17.1 Å². The predicted molar refractivity (Wildman–Crippen MR) is 78.3 cm³/mol. The van der Waals surface area contributed by atoms with Crippen molar-refractivity contribution in [2.75, 3.05) is 33.9 Å². The van der Waals surface area contributed by atoms with Gasteiger partial charge in [0.1, 0.15) is 5.56 Å². The summed E-state index contributed by atoms with van der Waals surface area (Å²) in [5, 5.41) is 2.68. The Morgan fingerprint density at radius 3 is 2.76 bits per heavy atom. The van der Waals surface area contributed by atoms with Crippen LogP contribution in [0.25, 0.3) is 0 Å². The second kappa shape index (κ2) is 8.21. The molecular formula is C14H21N3O4. The number of pyridine rings is 1. The standard InChI is InChI=1S/C14H21N3O4/c1-10-7-12(18)11(8-16-10)14(20)17(2)9-13(19)15-5-4-6-21-3/h7-8H,4-6,9H2,1-3H3,(H,15,19)(H,16,18). The van der Waals surface area contributed by atoms with Gasteiger partial charge >= 0.3 is 0 Å². The number of hydrogen-bond donors (Lipinski definition) is 2. The van der Waals surface area contributed by atoms with Gasteiger partial charge in [-0.25, -0.2) is 0 Å². The minimum Gasteiger partial charge on any atom is -0.385 e. The number of aromatic amines is 1. The quantitative estimate of drug-likeness (QED) is 0.688. The summed E-state index contributed by atoms with van der Waals surface area (Å²) in [5.41, 5.74) is 0.342. The summed E-state index contributed by atoms with van der Waals surface area (Å²) >= 11 is 0. The lowest BCUT2D eigenvalue weighted by atomic mass is 10.2. The molecule has 0 radical (unpaired) electrons. The number of aryl methyl sites for hydroxylation is 1. The van der Waals surface area contributed by atoms with Crippen LogP contribution in [0.3, 0.4) is 0 Å². The summed E-state index contributed by atoms with van der Waals surface area (Å²) < 4.78 is 4.87. The van der Waals surface area contributed by atoms with Crippen molar-refractivity contribution in [1.29, 1.82) is 0 Å². The lowest BCUT2D eigenvalue weighted by Crippen LogP contribution is -2.40. The SMILES string of the molecule is COCCCNC(=O)CN(C)C(=O)c1c[nH]c(C)cc1=O. The van der Waals surface area contributed by atoms with Gasteiger partial charge < -0.3 is 19.9 Å². The first-order valence-corrected chi connectivity index (χ1v) is 6.66. The van der Waals surface area contributed by atoms with Gasteiger partial charge in [-0.1, -0.05) is 0 Å². The summed E-state index contributed by atoms with van der Waals surface area (Å²) in [6, 6.07) is 1.35. The van der Waals surface area contributed by atoms with E-state index in [1.807, 2.05) is 0 Å². The number of ether oxygens (including phenoxy) is 1. The summed E-state index contributed by atoms with van der Waals surface area (Å²) in [6.07, 6.45) is 2.07. The van der Waals surface area contributed by atoms with E-state index in [0.29, 0.717) is 25.3 Å². The van der Waals surface area contributed by atoms with Crippen LogP contribution in [-0.4, -0.2) is 55.6 Å². The minimum absolute atomic E-state index is 0.0234. The molecule has 2 amide bonds. The van der Waals surface area contributed by atoms with Crippen molar-refractivity contribution >= 4 is 11.8 Å². The Hall–Kier alpha value is -2.15. The van der Waals surface area contributed by atoms with Gasteiger partial charge in [0.2, 0.25) is 5.91 Å². The minimum atomic E-state index is -0.483. The van der Waals surface area contributed by atoms with Crippen LogP contribution in [0.2, 0.25) is 0 Å². The van der Waals surface area contributed by atoms with Crippen LogP contribution in [-0.2, 0) is 9.53 Å². The van der Waals surface area contributed by atoms with E-state index >= 15 is 0 Å². The number of methoxy groups -OCH3 is 1. The Morgan fingerprint density at radius 1 is 1.43 bits per heavy atom. The van der Waals surface area contributed by atoms with Crippen LogP contribution >= 0.6 is 0 Å². The summed E-state index contributed by atoms with van der Waals surface area (Å²) in [4.78, 5) is 39.5. The van der Waals surface area contributed by atoms with Crippen molar-refractivity contribution in [2.24, 2.45) is 0 Å². The number of rotatable bonds is 7. The summed E-state index contributed by atoms with van der Waals surface area (Å²) in [7, 11) is 3.07. The van der Waals surface area contributed by atoms with Crippen LogP contribution < -0.4 is 10.7 Å². The molecule has 0 aromatic carbocycles. The van der Waals surface area contributed by atoms with E-state index in [9.17, 15) is 14.4 Å². The molecule has 0 unspecified atom stereocenters. The zero-order valence-corrected chi connectivity index (χ0v) is 12.6. The highest BCUT2D eigenvalue weighted by molar-refractivity contribution is 5.96.